The number of nitrogens with one attached hydrogen (secondary N) is 1. The molecule has 3 aromatic rings. The quantitative estimate of drug-likeness (QED) is 0.139. The summed E-state index contributed by atoms with van der Waals surface area (Å²) >= 11 is 0. The zero-order valence-corrected chi connectivity index (χ0v) is 20.7. The molecule has 184 valence electrons. The number of pyridine rings is 1. The molecule has 0 fully saturated rings. The number of ether oxygens (including phenoxy) is 3. The molecular formula is C28H34N4O3. The van der Waals surface area contributed by atoms with E-state index in [0.29, 0.717) is 30.5 Å². The number of hydrogen-bond donors (Lipinski definition) is 1. The van der Waals surface area contributed by atoms with E-state index in [2.05, 4.69) is 22.4 Å². The van der Waals surface area contributed by atoms with E-state index in [1.54, 1.807) is 19.5 Å². The van der Waals surface area contributed by atoms with E-state index in [1.807, 2.05) is 67.6 Å². The molecule has 3 rings (SSSR count). The van der Waals surface area contributed by atoms with Crippen molar-refractivity contribution in [1.82, 2.24) is 10.4 Å². The van der Waals surface area contributed by atoms with E-state index in [4.69, 9.17) is 19.2 Å². The minimum absolute atomic E-state index is 0.532. The Morgan fingerprint density at radius 3 is 2.51 bits per heavy atom. The summed E-state index contributed by atoms with van der Waals surface area (Å²) in [4.78, 5) is 9.10. The Morgan fingerprint density at radius 2 is 1.80 bits per heavy atom. The van der Waals surface area contributed by atoms with Gasteiger partial charge < -0.3 is 14.2 Å². The summed E-state index contributed by atoms with van der Waals surface area (Å²) < 4.78 is 16.9. The first-order valence-electron chi connectivity index (χ1n) is 12.1. The first-order chi connectivity index (χ1) is 17.2. The van der Waals surface area contributed by atoms with Crippen LogP contribution in [0.4, 0.5) is 5.69 Å². The summed E-state index contributed by atoms with van der Waals surface area (Å²) in [6.07, 6.45) is 8.08. The highest BCUT2D eigenvalue weighted by molar-refractivity contribution is 5.99. The topological polar surface area (TPSA) is 77.3 Å². The molecule has 7 nitrogen and oxygen atoms in total. The van der Waals surface area contributed by atoms with E-state index < -0.39 is 0 Å². The largest absolute Gasteiger partial charge is 0.494 e. The maximum atomic E-state index is 5.90. The lowest BCUT2D eigenvalue weighted by Gasteiger charge is -2.11. The Hall–Kier alpha value is -3.87. The Bertz CT molecular complexity index is 1080. The molecule has 0 amide bonds. The average Bonchev–Trinajstić information content (AvgIpc) is 2.90. The fourth-order valence-corrected chi connectivity index (χ4v) is 3.32. The minimum Gasteiger partial charge on any atom is -0.494 e. The Balaban J connectivity index is 1.71. The number of unbranched alkanes of at least 4 members (excludes halogenated alkanes) is 3. The molecule has 0 radical (unpaired) electrons. The van der Waals surface area contributed by atoms with Gasteiger partial charge in [0.2, 0.25) is 0 Å². The third-order valence-electron chi connectivity index (χ3n) is 5.12. The molecule has 0 aliphatic heterocycles. The van der Waals surface area contributed by atoms with E-state index >= 15 is 0 Å². The van der Waals surface area contributed by atoms with E-state index in [9.17, 15) is 0 Å². The van der Waals surface area contributed by atoms with Crippen LogP contribution >= 0.6 is 0 Å². The van der Waals surface area contributed by atoms with Crippen molar-refractivity contribution in [3.05, 3.63) is 78.1 Å². The number of methoxy groups -OCH3 is 1. The Kier molecular flexibility index (Phi) is 10.6. The molecule has 0 unspecified atom stereocenters. The first kappa shape index (κ1) is 25.7. The second-order valence-electron chi connectivity index (χ2n) is 7.79. The second-order valence-corrected chi connectivity index (χ2v) is 7.79. The van der Waals surface area contributed by atoms with Gasteiger partial charge in [0.05, 0.1) is 32.2 Å². The predicted octanol–water partition coefficient (Wildman–Crippen LogP) is 6.15. The molecule has 2 aromatic carbocycles. The van der Waals surface area contributed by atoms with Gasteiger partial charge in [-0.3, -0.25) is 10.4 Å². The molecular weight excluding hydrogens is 440 g/mol. The SMILES string of the molecule is CCCCCCOc1ccc(C=NNC(=Nc2ccc(OCC)cc2)c2ccccn2)cc1OC. The number of nitrogens with zero attached hydrogens (tertiary/aromatic N) is 3. The normalized spacial score (nSPS) is 11.5. The van der Waals surface area contributed by atoms with Crippen LogP contribution in [-0.4, -0.2) is 37.4 Å². The lowest BCUT2D eigenvalue weighted by Crippen LogP contribution is -2.20. The van der Waals surface area contributed by atoms with Gasteiger partial charge in [-0.1, -0.05) is 32.3 Å². The van der Waals surface area contributed by atoms with Crippen LogP contribution in [0, 0.1) is 0 Å². The van der Waals surface area contributed by atoms with Crippen LogP contribution in [0.1, 0.15) is 50.8 Å². The van der Waals surface area contributed by atoms with Gasteiger partial charge in [0.1, 0.15) is 11.4 Å². The van der Waals surface area contributed by atoms with Crippen LogP contribution in [0.25, 0.3) is 0 Å². The van der Waals surface area contributed by atoms with Crippen molar-refractivity contribution in [1.29, 1.82) is 0 Å². The summed E-state index contributed by atoms with van der Waals surface area (Å²) in [6, 6.07) is 19.0. The zero-order valence-electron chi connectivity index (χ0n) is 20.7. The van der Waals surface area contributed by atoms with Crippen LogP contribution in [0.2, 0.25) is 0 Å². The molecule has 35 heavy (non-hydrogen) atoms. The van der Waals surface area contributed by atoms with Crippen LogP contribution in [-0.2, 0) is 0 Å². The molecule has 0 aliphatic rings. The van der Waals surface area contributed by atoms with Crippen molar-refractivity contribution in [2.75, 3.05) is 20.3 Å². The number of hydrogen-bond acceptors (Lipinski definition) is 6. The first-order valence-corrected chi connectivity index (χ1v) is 12.1. The van der Waals surface area contributed by atoms with Gasteiger partial charge in [0, 0.05) is 6.20 Å². The minimum atomic E-state index is 0.532. The van der Waals surface area contributed by atoms with Gasteiger partial charge in [-0.15, -0.1) is 0 Å². The van der Waals surface area contributed by atoms with Crippen molar-refractivity contribution >= 4 is 17.7 Å². The van der Waals surface area contributed by atoms with Crippen molar-refractivity contribution in [2.45, 2.75) is 39.5 Å². The van der Waals surface area contributed by atoms with Gasteiger partial charge in [0.15, 0.2) is 17.3 Å². The lowest BCUT2D eigenvalue weighted by atomic mass is 10.2. The van der Waals surface area contributed by atoms with E-state index in [-0.39, 0.29) is 0 Å². The van der Waals surface area contributed by atoms with Gasteiger partial charge in [0.25, 0.3) is 0 Å². The van der Waals surface area contributed by atoms with Crippen molar-refractivity contribution in [3.63, 3.8) is 0 Å². The fourth-order valence-electron chi connectivity index (χ4n) is 3.32. The van der Waals surface area contributed by atoms with Gasteiger partial charge in [-0.05, 0) is 73.5 Å². The molecule has 1 aromatic heterocycles. The molecule has 0 aliphatic carbocycles. The number of aliphatic imine (C=N–C) groups is 1. The summed E-state index contributed by atoms with van der Waals surface area (Å²) in [7, 11) is 1.64. The third kappa shape index (κ3) is 8.45. The second kappa shape index (κ2) is 14.4. The fraction of sp³-hybridized carbons (Fsp3) is 0.321. The third-order valence-corrected chi connectivity index (χ3v) is 5.12. The van der Waals surface area contributed by atoms with Gasteiger partial charge in [-0.25, -0.2) is 4.99 Å². The number of rotatable bonds is 13. The van der Waals surface area contributed by atoms with Crippen molar-refractivity contribution in [3.8, 4) is 17.2 Å². The maximum Gasteiger partial charge on any atom is 0.172 e. The Morgan fingerprint density at radius 1 is 0.943 bits per heavy atom. The lowest BCUT2D eigenvalue weighted by molar-refractivity contribution is 0.285. The number of amidine groups is 1. The summed E-state index contributed by atoms with van der Waals surface area (Å²) in [5, 5.41) is 4.40. The van der Waals surface area contributed by atoms with Crippen LogP contribution in [0.5, 0.6) is 17.2 Å². The number of hydrazone groups is 1. The van der Waals surface area contributed by atoms with Crippen molar-refractivity contribution in [2.24, 2.45) is 10.1 Å². The van der Waals surface area contributed by atoms with Crippen molar-refractivity contribution < 1.29 is 14.2 Å². The number of aromatic nitrogens is 1. The molecule has 0 bridgehead atoms. The standard InChI is InChI=1S/C28H34N4O3/c1-4-6-7-10-19-35-26-17-12-22(20-27(26)33-3)21-30-32-28(25-11-8-9-18-29-25)31-23-13-15-24(16-14-23)34-5-2/h8-9,11-18,20-21H,4-7,10,19H2,1-3H3,(H,31,32). The van der Waals surface area contributed by atoms with E-state index in [1.165, 1.54) is 19.3 Å². The average molecular weight is 475 g/mol. The smallest absolute Gasteiger partial charge is 0.172 e. The maximum absolute atomic E-state index is 5.90. The van der Waals surface area contributed by atoms with Gasteiger partial charge >= 0.3 is 0 Å². The molecule has 0 atom stereocenters. The molecule has 0 saturated heterocycles. The van der Waals surface area contributed by atoms with E-state index in [0.717, 1.165) is 29.2 Å². The van der Waals surface area contributed by atoms with Crippen LogP contribution in [0.3, 0.4) is 0 Å². The summed E-state index contributed by atoms with van der Waals surface area (Å²) in [5.74, 6) is 2.75. The monoisotopic (exact) mass is 474 g/mol. The zero-order chi connectivity index (χ0) is 24.7. The molecule has 7 heteroatoms. The molecule has 0 spiro atoms. The summed E-state index contributed by atoms with van der Waals surface area (Å²) in [5.41, 5.74) is 5.35. The molecule has 1 heterocycles. The van der Waals surface area contributed by atoms with Crippen LogP contribution < -0.4 is 19.6 Å². The highest BCUT2D eigenvalue weighted by atomic mass is 16.5. The molecule has 1 N–H and O–H groups in total. The number of benzene rings is 2. The highest BCUT2D eigenvalue weighted by Crippen LogP contribution is 2.28. The molecule has 0 saturated carbocycles. The Labute approximate surface area is 207 Å². The highest BCUT2D eigenvalue weighted by Gasteiger charge is 2.07. The predicted molar refractivity (Wildman–Crippen MR) is 141 cm³/mol. The van der Waals surface area contributed by atoms with Crippen LogP contribution in [0.15, 0.2) is 77.0 Å². The summed E-state index contributed by atoms with van der Waals surface area (Å²) in [6.45, 7) is 5.46. The van der Waals surface area contributed by atoms with Gasteiger partial charge in [-0.2, -0.15) is 5.10 Å².